The Labute approximate surface area is 117 Å². The minimum Gasteiger partial charge on any atom is -0.469 e. The zero-order valence-electron chi connectivity index (χ0n) is 11.4. The molecule has 1 aromatic carbocycles. The van der Waals surface area contributed by atoms with E-state index < -0.39 is 5.91 Å². The van der Waals surface area contributed by atoms with E-state index in [1.54, 1.807) is 18.4 Å². The molecule has 0 saturated heterocycles. The number of para-hydroxylation sites is 1. The number of primary amides is 1. The highest BCUT2D eigenvalue weighted by Gasteiger charge is 2.11. The van der Waals surface area contributed by atoms with Crippen LogP contribution in [0.4, 0.5) is 11.4 Å². The SMILES string of the molecule is CC(CCc1ccco1)Nc1cccc(C(N)=O)c1N. The fraction of sp³-hybridized carbons (Fsp3) is 0.267. The van der Waals surface area contributed by atoms with Gasteiger partial charge in [-0.1, -0.05) is 6.07 Å². The molecule has 1 unspecified atom stereocenters. The van der Waals surface area contributed by atoms with Crippen molar-refractivity contribution >= 4 is 17.3 Å². The predicted octanol–water partition coefficient (Wildman–Crippen LogP) is 2.39. The molecule has 5 nitrogen and oxygen atoms in total. The van der Waals surface area contributed by atoms with Gasteiger partial charge in [-0.25, -0.2) is 0 Å². The summed E-state index contributed by atoms with van der Waals surface area (Å²) in [6.07, 6.45) is 3.41. The molecule has 20 heavy (non-hydrogen) atoms. The van der Waals surface area contributed by atoms with Crippen LogP contribution in [0.25, 0.3) is 0 Å². The van der Waals surface area contributed by atoms with Gasteiger partial charge in [0.15, 0.2) is 0 Å². The summed E-state index contributed by atoms with van der Waals surface area (Å²) >= 11 is 0. The van der Waals surface area contributed by atoms with Gasteiger partial charge in [0, 0.05) is 12.5 Å². The van der Waals surface area contributed by atoms with E-state index in [0.717, 1.165) is 24.3 Å². The average Bonchev–Trinajstić information content (AvgIpc) is 2.91. The van der Waals surface area contributed by atoms with Crippen LogP contribution in [0, 0.1) is 0 Å². The summed E-state index contributed by atoms with van der Waals surface area (Å²) in [6.45, 7) is 2.05. The summed E-state index contributed by atoms with van der Waals surface area (Å²) in [5, 5.41) is 3.29. The second-order valence-corrected chi connectivity index (χ2v) is 4.79. The first-order chi connectivity index (χ1) is 9.58. The molecule has 1 atom stereocenters. The van der Waals surface area contributed by atoms with Crippen molar-refractivity contribution in [1.29, 1.82) is 0 Å². The first kappa shape index (κ1) is 14.0. The second kappa shape index (κ2) is 6.14. The number of rotatable bonds is 6. The van der Waals surface area contributed by atoms with Crippen molar-refractivity contribution in [3.8, 4) is 0 Å². The molecule has 1 heterocycles. The molecule has 0 radical (unpaired) electrons. The number of aryl methyl sites for hydroxylation is 1. The summed E-state index contributed by atoms with van der Waals surface area (Å²) in [5.41, 5.74) is 12.7. The standard InChI is InChI=1S/C15H19N3O2/c1-10(7-8-11-4-3-9-20-11)18-13-6-2-5-12(14(13)16)15(17)19/h2-6,9-10,18H,7-8,16H2,1H3,(H2,17,19). The zero-order valence-corrected chi connectivity index (χ0v) is 11.4. The molecule has 0 aliphatic carbocycles. The van der Waals surface area contributed by atoms with Gasteiger partial charge in [0.25, 0.3) is 5.91 Å². The Morgan fingerprint density at radius 2 is 2.15 bits per heavy atom. The Bertz CT molecular complexity index is 579. The molecular formula is C15H19N3O2. The average molecular weight is 273 g/mol. The largest absolute Gasteiger partial charge is 0.469 e. The molecule has 0 aliphatic heterocycles. The Balaban J connectivity index is 1.99. The second-order valence-electron chi connectivity index (χ2n) is 4.79. The predicted molar refractivity (Wildman–Crippen MR) is 79.5 cm³/mol. The van der Waals surface area contributed by atoms with Crippen LogP contribution >= 0.6 is 0 Å². The number of nitrogens with one attached hydrogen (secondary N) is 1. The van der Waals surface area contributed by atoms with Gasteiger partial charge in [0.2, 0.25) is 0 Å². The Morgan fingerprint density at radius 3 is 2.80 bits per heavy atom. The lowest BCUT2D eigenvalue weighted by Gasteiger charge is -2.17. The minimum atomic E-state index is -0.519. The highest BCUT2D eigenvalue weighted by molar-refractivity contribution is 6.00. The van der Waals surface area contributed by atoms with E-state index in [9.17, 15) is 4.79 Å². The fourth-order valence-corrected chi connectivity index (χ4v) is 2.06. The lowest BCUT2D eigenvalue weighted by atomic mass is 10.1. The van der Waals surface area contributed by atoms with Crippen molar-refractivity contribution < 1.29 is 9.21 Å². The number of furan rings is 1. The van der Waals surface area contributed by atoms with E-state index in [-0.39, 0.29) is 6.04 Å². The number of amides is 1. The van der Waals surface area contributed by atoms with Crippen LogP contribution in [0.5, 0.6) is 0 Å². The fourth-order valence-electron chi connectivity index (χ4n) is 2.06. The van der Waals surface area contributed by atoms with Crippen LogP contribution in [0.2, 0.25) is 0 Å². The monoisotopic (exact) mass is 273 g/mol. The smallest absolute Gasteiger partial charge is 0.250 e. The number of hydrogen-bond donors (Lipinski definition) is 3. The maximum Gasteiger partial charge on any atom is 0.250 e. The molecular weight excluding hydrogens is 254 g/mol. The lowest BCUT2D eigenvalue weighted by molar-refractivity contribution is 0.100. The number of benzene rings is 1. The number of carbonyl (C=O) groups excluding carboxylic acids is 1. The van der Waals surface area contributed by atoms with E-state index in [0.29, 0.717) is 11.3 Å². The summed E-state index contributed by atoms with van der Waals surface area (Å²) in [4.78, 5) is 11.2. The van der Waals surface area contributed by atoms with Crippen LogP contribution < -0.4 is 16.8 Å². The molecule has 0 bridgehead atoms. The molecule has 2 aromatic rings. The van der Waals surface area contributed by atoms with Crippen molar-refractivity contribution in [3.05, 3.63) is 47.9 Å². The first-order valence-electron chi connectivity index (χ1n) is 6.55. The van der Waals surface area contributed by atoms with Crippen LogP contribution in [-0.4, -0.2) is 11.9 Å². The number of carbonyl (C=O) groups is 1. The third-order valence-corrected chi connectivity index (χ3v) is 3.18. The molecule has 0 fully saturated rings. The van der Waals surface area contributed by atoms with Gasteiger partial charge >= 0.3 is 0 Å². The number of nitrogens with two attached hydrogens (primary N) is 2. The molecule has 0 spiro atoms. The Kier molecular flexibility index (Phi) is 4.30. The first-order valence-corrected chi connectivity index (χ1v) is 6.55. The summed E-state index contributed by atoms with van der Waals surface area (Å²) in [6, 6.07) is 9.25. The summed E-state index contributed by atoms with van der Waals surface area (Å²) in [5.74, 6) is 0.437. The van der Waals surface area contributed by atoms with Crippen LogP contribution in [0.15, 0.2) is 41.0 Å². The maximum absolute atomic E-state index is 11.2. The van der Waals surface area contributed by atoms with Gasteiger partial charge in [0.1, 0.15) is 5.76 Å². The minimum absolute atomic E-state index is 0.200. The molecule has 5 N–H and O–H groups in total. The van der Waals surface area contributed by atoms with Crippen molar-refractivity contribution in [2.24, 2.45) is 5.73 Å². The number of nitrogen functional groups attached to an aromatic ring is 1. The van der Waals surface area contributed by atoms with Crippen LogP contribution in [0.3, 0.4) is 0 Å². The molecule has 2 rings (SSSR count). The molecule has 1 amide bonds. The van der Waals surface area contributed by atoms with E-state index in [4.69, 9.17) is 15.9 Å². The van der Waals surface area contributed by atoms with E-state index in [2.05, 4.69) is 12.2 Å². The normalized spacial score (nSPS) is 12.1. The molecule has 0 saturated carbocycles. The van der Waals surface area contributed by atoms with Crippen molar-refractivity contribution in [3.63, 3.8) is 0 Å². The van der Waals surface area contributed by atoms with Gasteiger partial charge in [0.05, 0.1) is 23.2 Å². The molecule has 1 aromatic heterocycles. The molecule has 106 valence electrons. The van der Waals surface area contributed by atoms with Crippen molar-refractivity contribution in [1.82, 2.24) is 0 Å². The highest BCUT2D eigenvalue weighted by Crippen LogP contribution is 2.23. The number of hydrogen-bond acceptors (Lipinski definition) is 4. The Hall–Kier alpha value is -2.43. The van der Waals surface area contributed by atoms with E-state index in [1.165, 1.54) is 0 Å². The molecule has 0 aliphatic rings. The van der Waals surface area contributed by atoms with Gasteiger partial charge in [-0.15, -0.1) is 0 Å². The van der Waals surface area contributed by atoms with Crippen molar-refractivity contribution in [2.75, 3.05) is 11.1 Å². The topological polar surface area (TPSA) is 94.3 Å². The zero-order chi connectivity index (χ0) is 14.5. The summed E-state index contributed by atoms with van der Waals surface area (Å²) in [7, 11) is 0. The third-order valence-electron chi connectivity index (χ3n) is 3.18. The van der Waals surface area contributed by atoms with E-state index >= 15 is 0 Å². The highest BCUT2D eigenvalue weighted by atomic mass is 16.3. The van der Waals surface area contributed by atoms with Gasteiger partial charge in [-0.05, 0) is 37.6 Å². The third kappa shape index (κ3) is 3.32. The van der Waals surface area contributed by atoms with Gasteiger partial charge < -0.3 is 21.2 Å². The van der Waals surface area contributed by atoms with E-state index in [1.807, 2.05) is 18.2 Å². The van der Waals surface area contributed by atoms with Crippen LogP contribution in [0.1, 0.15) is 29.5 Å². The molecule has 5 heteroatoms. The van der Waals surface area contributed by atoms with Gasteiger partial charge in [-0.2, -0.15) is 0 Å². The Morgan fingerprint density at radius 1 is 1.35 bits per heavy atom. The summed E-state index contributed by atoms with van der Waals surface area (Å²) < 4.78 is 5.29. The number of anilines is 2. The van der Waals surface area contributed by atoms with Crippen molar-refractivity contribution in [2.45, 2.75) is 25.8 Å². The quantitative estimate of drug-likeness (QED) is 0.704. The van der Waals surface area contributed by atoms with Gasteiger partial charge in [-0.3, -0.25) is 4.79 Å². The maximum atomic E-state index is 11.2. The van der Waals surface area contributed by atoms with Crippen LogP contribution in [-0.2, 0) is 6.42 Å². The lowest BCUT2D eigenvalue weighted by Crippen LogP contribution is -2.19.